The molecule has 0 saturated heterocycles. The molecule has 0 spiro atoms. The molecule has 1 heterocycles. The van der Waals surface area contributed by atoms with Crippen molar-refractivity contribution < 1.29 is 9.90 Å². The average Bonchev–Trinajstić information content (AvgIpc) is 2.85. The number of nitrogens with zero attached hydrogens (tertiary/aromatic N) is 1. The van der Waals surface area contributed by atoms with E-state index in [-0.39, 0.29) is 24.5 Å². The topological polar surface area (TPSA) is 62.2 Å². The molecule has 1 fully saturated rings. The number of hydrogen-bond acceptors (Lipinski definition) is 3. The molecule has 2 rings (SSSR count). The maximum atomic E-state index is 12.3. The van der Waals surface area contributed by atoms with Crippen LogP contribution in [0, 0.1) is 5.92 Å². The minimum Gasteiger partial charge on any atom is -0.396 e. The first-order valence-electron chi connectivity index (χ1n) is 7.22. The Labute approximate surface area is 124 Å². The summed E-state index contributed by atoms with van der Waals surface area (Å²) < 4.78 is 0. The van der Waals surface area contributed by atoms with Crippen molar-refractivity contribution in [3.8, 4) is 0 Å². The van der Waals surface area contributed by atoms with Crippen molar-refractivity contribution in [1.82, 2.24) is 10.3 Å². The van der Waals surface area contributed by atoms with Crippen LogP contribution in [0.5, 0.6) is 0 Å². The predicted molar refractivity (Wildman–Crippen MR) is 78.9 cm³/mol. The van der Waals surface area contributed by atoms with Gasteiger partial charge in [0.25, 0.3) is 5.91 Å². The van der Waals surface area contributed by atoms with Crippen LogP contribution < -0.4 is 5.32 Å². The Hall–Kier alpha value is -1.13. The molecule has 1 aromatic rings. The van der Waals surface area contributed by atoms with E-state index in [4.69, 9.17) is 11.6 Å². The minimum atomic E-state index is -0.128. The average molecular weight is 297 g/mol. The van der Waals surface area contributed by atoms with E-state index in [9.17, 15) is 9.90 Å². The lowest BCUT2D eigenvalue weighted by Crippen LogP contribution is -2.38. The van der Waals surface area contributed by atoms with Gasteiger partial charge in [-0.3, -0.25) is 4.79 Å². The van der Waals surface area contributed by atoms with E-state index in [0.717, 1.165) is 37.8 Å². The molecule has 2 N–H and O–H groups in total. The van der Waals surface area contributed by atoms with Crippen molar-refractivity contribution in [2.24, 2.45) is 5.92 Å². The molecule has 20 heavy (non-hydrogen) atoms. The molecule has 1 aliphatic carbocycles. The normalized spacial score (nSPS) is 21.9. The van der Waals surface area contributed by atoms with E-state index in [1.165, 1.54) is 0 Å². The molecular formula is C15H21ClN2O2. The Balaban J connectivity index is 2.08. The Morgan fingerprint density at radius 2 is 2.30 bits per heavy atom. The summed E-state index contributed by atoms with van der Waals surface area (Å²) in [6.07, 6.45) is 4.72. The van der Waals surface area contributed by atoms with Gasteiger partial charge in [-0.15, -0.1) is 0 Å². The number of pyridine rings is 1. The predicted octanol–water partition coefficient (Wildman–Crippen LogP) is 2.58. The quantitative estimate of drug-likeness (QED) is 0.821. The van der Waals surface area contributed by atoms with Crippen LogP contribution in [-0.2, 0) is 6.42 Å². The fourth-order valence-electron chi connectivity index (χ4n) is 2.76. The monoisotopic (exact) mass is 296 g/mol. The Bertz CT molecular complexity index is 479. The molecule has 1 saturated carbocycles. The SMILES string of the molecule is CCCc1cc(C(=O)NC2CCCC2CO)cc(Cl)n1. The summed E-state index contributed by atoms with van der Waals surface area (Å²) in [6.45, 7) is 2.19. The van der Waals surface area contributed by atoms with Crippen LogP contribution in [0.2, 0.25) is 5.15 Å². The summed E-state index contributed by atoms with van der Waals surface area (Å²) >= 11 is 5.97. The minimum absolute atomic E-state index is 0.0639. The zero-order valence-electron chi connectivity index (χ0n) is 11.7. The number of amides is 1. The van der Waals surface area contributed by atoms with Gasteiger partial charge in [-0.1, -0.05) is 31.4 Å². The van der Waals surface area contributed by atoms with Crippen LogP contribution in [0.15, 0.2) is 12.1 Å². The summed E-state index contributed by atoms with van der Waals surface area (Å²) in [5, 5.41) is 12.7. The number of nitrogens with one attached hydrogen (secondary N) is 1. The first-order valence-corrected chi connectivity index (χ1v) is 7.60. The van der Waals surface area contributed by atoms with Gasteiger partial charge in [-0.2, -0.15) is 0 Å². The van der Waals surface area contributed by atoms with E-state index in [2.05, 4.69) is 17.2 Å². The summed E-state index contributed by atoms with van der Waals surface area (Å²) in [5.41, 5.74) is 1.40. The lowest BCUT2D eigenvalue weighted by molar-refractivity contribution is 0.0916. The number of halogens is 1. The molecule has 1 aromatic heterocycles. The van der Waals surface area contributed by atoms with Crippen LogP contribution in [0.25, 0.3) is 0 Å². The maximum Gasteiger partial charge on any atom is 0.251 e. The van der Waals surface area contributed by atoms with E-state index in [0.29, 0.717) is 10.7 Å². The number of carbonyl (C=O) groups is 1. The van der Waals surface area contributed by atoms with Crippen LogP contribution in [0.3, 0.4) is 0 Å². The van der Waals surface area contributed by atoms with Crippen molar-refractivity contribution in [3.05, 3.63) is 28.5 Å². The molecule has 0 radical (unpaired) electrons. The number of carbonyl (C=O) groups excluding carboxylic acids is 1. The highest BCUT2D eigenvalue weighted by molar-refractivity contribution is 6.29. The van der Waals surface area contributed by atoms with E-state index >= 15 is 0 Å². The molecule has 2 unspecified atom stereocenters. The second-order valence-electron chi connectivity index (χ2n) is 5.37. The van der Waals surface area contributed by atoms with Crippen molar-refractivity contribution in [3.63, 3.8) is 0 Å². The zero-order valence-corrected chi connectivity index (χ0v) is 12.5. The van der Waals surface area contributed by atoms with E-state index in [1.807, 2.05) is 0 Å². The fraction of sp³-hybridized carbons (Fsp3) is 0.600. The van der Waals surface area contributed by atoms with Gasteiger partial charge in [-0.25, -0.2) is 4.98 Å². The molecule has 1 aliphatic rings. The van der Waals surface area contributed by atoms with Gasteiger partial charge < -0.3 is 10.4 Å². The van der Waals surface area contributed by atoms with Crippen LogP contribution in [0.1, 0.15) is 48.7 Å². The molecule has 2 atom stereocenters. The van der Waals surface area contributed by atoms with Gasteiger partial charge in [0.15, 0.2) is 0 Å². The van der Waals surface area contributed by atoms with Crippen LogP contribution in [-0.4, -0.2) is 28.6 Å². The Kier molecular flexibility index (Phi) is 5.38. The molecule has 1 amide bonds. The van der Waals surface area contributed by atoms with E-state index in [1.54, 1.807) is 12.1 Å². The van der Waals surface area contributed by atoms with Gasteiger partial charge in [0, 0.05) is 29.8 Å². The third-order valence-electron chi connectivity index (χ3n) is 3.83. The van der Waals surface area contributed by atoms with Crippen LogP contribution in [0.4, 0.5) is 0 Å². The highest BCUT2D eigenvalue weighted by Crippen LogP contribution is 2.25. The zero-order chi connectivity index (χ0) is 14.5. The maximum absolute atomic E-state index is 12.3. The summed E-state index contributed by atoms with van der Waals surface area (Å²) in [4.78, 5) is 16.5. The number of hydrogen-bond donors (Lipinski definition) is 2. The lowest BCUT2D eigenvalue weighted by atomic mass is 10.0. The molecule has 4 nitrogen and oxygen atoms in total. The molecule has 0 bridgehead atoms. The van der Waals surface area contributed by atoms with Crippen molar-refractivity contribution in [2.45, 2.75) is 45.1 Å². The number of aromatic nitrogens is 1. The molecule has 0 aromatic carbocycles. The summed E-state index contributed by atoms with van der Waals surface area (Å²) in [5.74, 6) is 0.0448. The first-order chi connectivity index (χ1) is 9.63. The van der Waals surface area contributed by atoms with Crippen molar-refractivity contribution in [1.29, 1.82) is 0 Å². The van der Waals surface area contributed by atoms with Gasteiger partial charge in [0.1, 0.15) is 5.15 Å². The van der Waals surface area contributed by atoms with E-state index < -0.39 is 0 Å². The smallest absolute Gasteiger partial charge is 0.251 e. The number of rotatable bonds is 5. The number of aryl methyl sites for hydroxylation is 1. The third kappa shape index (κ3) is 3.70. The van der Waals surface area contributed by atoms with Gasteiger partial charge >= 0.3 is 0 Å². The standard InChI is InChI=1S/C15H21ClN2O2/c1-2-4-12-7-11(8-14(16)17-12)15(20)18-13-6-3-5-10(13)9-19/h7-8,10,13,19H,2-6,9H2,1H3,(H,18,20). The van der Waals surface area contributed by atoms with Crippen LogP contribution >= 0.6 is 11.6 Å². The van der Waals surface area contributed by atoms with Gasteiger partial charge in [0.05, 0.1) is 0 Å². The number of aliphatic hydroxyl groups excluding tert-OH is 1. The molecule has 5 heteroatoms. The largest absolute Gasteiger partial charge is 0.396 e. The second kappa shape index (κ2) is 7.04. The fourth-order valence-corrected chi connectivity index (χ4v) is 2.99. The number of aliphatic hydroxyl groups is 1. The van der Waals surface area contributed by atoms with Gasteiger partial charge in [-0.05, 0) is 31.4 Å². The third-order valence-corrected chi connectivity index (χ3v) is 4.02. The summed E-state index contributed by atoms with van der Waals surface area (Å²) in [7, 11) is 0. The second-order valence-corrected chi connectivity index (χ2v) is 5.76. The molecule has 0 aliphatic heterocycles. The van der Waals surface area contributed by atoms with Gasteiger partial charge in [0.2, 0.25) is 0 Å². The Morgan fingerprint density at radius 1 is 1.50 bits per heavy atom. The van der Waals surface area contributed by atoms with Crippen molar-refractivity contribution >= 4 is 17.5 Å². The first kappa shape index (κ1) is 15.3. The highest BCUT2D eigenvalue weighted by Gasteiger charge is 2.28. The summed E-state index contributed by atoms with van der Waals surface area (Å²) in [6, 6.07) is 3.46. The lowest BCUT2D eigenvalue weighted by Gasteiger charge is -2.19. The Morgan fingerprint density at radius 3 is 3.00 bits per heavy atom. The molecular weight excluding hydrogens is 276 g/mol. The molecule has 110 valence electrons. The van der Waals surface area contributed by atoms with Crippen molar-refractivity contribution in [2.75, 3.05) is 6.61 Å². The highest BCUT2D eigenvalue weighted by atomic mass is 35.5.